The second-order valence-electron chi connectivity index (χ2n) is 8.78. The van der Waals surface area contributed by atoms with Crippen LogP contribution < -0.4 is 5.32 Å². The molecule has 0 aliphatic rings. The summed E-state index contributed by atoms with van der Waals surface area (Å²) in [7, 11) is 0. The summed E-state index contributed by atoms with van der Waals surface area (Å²) in [4.78, 5) is 73.4. The number of carbonyl (C=O) groups is 6. The molecule has 0 aromatic carbocycles. The number of rotatable bonds is 25. The Balaban J connectivity index is 4.60. The lowest BCUT2D eigenvalue weighted by Gasteiger charge is -2.22. The van der Waals surface area contributed by atoms with Crippen molar-refractivity contribution < 1.29 is 52.5 Å². The van der Waals surface area contributed by atoms with Gasteiger partial charge in [-0.05, 0) is 13.0 Å². The zero-order valence-corrected chi connectivity index (χ0v) is 24.8. The maximum Gasteiger partial charge on any atom is 0.330 e. The largest absolute Gasteiger partial charge is 0.462 e. The summed E-state index contributed by atoms with van der Waals surface area (Å²) in [5, 5.41) is 2.63. The number of hydrogen-bond donors (Lipinski definition) is 1. The van der Waals surface area contributed by atoms with Gasteiger partial charge >= 0.3 is 29.8 Å². The molecule has 0 radical (unpaired) electrons. The highest BCUT2D eigenvalue weighted by Crippen LogP contribution is 2.02. The third-order valence-electron chi connectivity index (χ3n) is 5.44. The molecule has 0 heterocycles. The molecular formula is C29H43N3O11. The van der Waals surface area contributed by atoms with E-state index in [-0.39, 0.29) is 71.4 Å². The number of nitrogens with zero attached hydrogens (tertiary/aromatic N) is 2. The molecule has 0 bridgehead atoms. The molecule has 0 aromatic rings. The predicted octanol–water partition coefficient (Wildman–Crippen LogP) is 0.335. The Labute approximate surface area is 252 Å². The summed E-state index contributed by atoms with van der Waals surface area (Å²) < 4.78 is 25.4. The molecule has 1 N–H and O–H groups in total. The SMILES string of the molecule is C=CC(=O)NCCN(CCOC(=O)C=C)CCC(=O)OC(C)COC(=O)CCN(CCOC(=O)C=C)CCOC(=O)C=C. The van der Waals surface area contributed by atoms with Gasteiger partial charge < -0.3 is 29.0 Å². The Bertz CT molecular complexity index is 915. The summed E-state index contributed by atoms with van der Waals surface area (Å²) in [6.45, 7) is 17.0. The second kappa shape index (κ2) is 24.3. The molecule has 43 heavy (non-hydrogen) atoms. The van der Waals surface area contributed by atoms with Crippen LogP contribution in [0.25, 0.3) is 0 Å². The van der Waals surface area contributed by atoms with Crippen LogP contribution in [0.1, 0.15) is 19.8 Å². The zero-order chi connectivity index (χ0) is 32.5. The first kappa shape index (κ1) is 38.7. The van der Waals surface area contributed by atoms with E-state index in [1.807, 2.05) is 4.90 Å². The number of hydrogen-bond acceptors (Lipinski definition) is 13. The van der Waals surface area contributed by atoms with Crippen LogP contribution in [0.2, 0.25) is 0 Å². The van der Waals surface area contributed by atoms with Crippen LogP contribution in [0, 0.1) is 0 Å². The van der Waals surface area contributed by atoms with Gasteiger partial charge in [0.2, 0.25) is 5.91 Å². The predicted molar refractivity (Wildman–Crippen MR) is 155 cm³/mol. The molecular weight excluding hydrogens is 566 g/mol. The first-order valence-electron chi connectivity index (χ1n) is 13.6. The van der Waals surface area contributed by atoms with Gasteiger partial charge in [0.1, 0.15) is 32.5 Å². The summed E-state index contributed by atoms with van der Waals surface area (Å²) in [5.74, 6) is -3.14. The number of ether oxygens (including phenoxy) is 5. The van der Waals surface area contributed by atoms with E-state index in [0.29, 0.717) is 19.6 Å². The molecule has 1 atom stereocenters. The molecule has 1 amide bonds. The van der Waals surface area contributed by atoms with Crippen molar-refractivity contribution >= 4 is 35.8 Å². The third-order valence-corrected chi connectivity index (χ3v) is 5.44. The van der Waals surface area contributed by atoms with Gasteiger partial charge in [0, 0.05) is 64.0 Å². The fraction of sp³-hybridized carbons (Fsp3) is 0.517. The van der Waals surface area contributed by atoms with Crippen LogP contribution >= 0.6 is 0 Å². The van der Waals surface area contributed by atoms with Crippen LogP contribution in [-0.4, -0.2) is 124 Å². The van der Waals surface area contributed by atoms with Crippen molar-refractivity contribution in [2.75, 3.05) is 72.2 Å². The highest BCUT2D eigenvalue weighted by atomic mass is 16.6. The van der Waals surface area contributed by atoms with E-state index >= 15 is 0 Å². The van der Waals surface area contributed by atoms with E-state index in [1.165, 1.54) is 0 Å². The lowest BCUT2D eigenvalue weighted by molar-refractivity contribution is -0.158. The molecule has 240 valence electrons. The maximum absolute atomic E-state index is 12.4. The smallest absolute Gasteiger partial charge is 0.330 e. The molecule has 14 heteroatoms. The van der Waals surface area contributed by atoms with Gasteiger partial charge in [0.25, 0.3) is 0 Å². The van der Waals surface area contributed by atoms with E-state index in [4.69, 9.17) is 23.7 Å². The molecule has 0 fully saturated rings. The van der Waals surface area contributed by atoms with Gasteiger partial charge in [-0.15, -0.1) is 0 Å². The van der Waals surface area contributed by atoms with Gasteiger partial charge in [-0.1, -0.05) is 26.3 Å². The van der Waals surface area contributed by atoms with Gasteiger partial charge in [0.15, 0.2) is 0 Å². The summed E-state index contributed by atoms with van der Waals surface area (Å²) in [6.07, 6.45) is 3.54. The Morgan fingerprint density at radius 3 is 1.51 bits per heavy atom. The van der Waals surface area contributed by atoms with E-state index in [2.05, 4.69) is 31.6 Å². The summed E-state index contributed by atoms with van der Waals surface area (Å²) in [5.41, 5.74) is 0. The van der Waals surface area contributed by atoms with Gasteiger partial charge in [-0.3, -0.25) is 24.2 Å². The number of nitrogens with one attached hydrogen (secondary N) is 1. The lowest BCUT2D eigenvalue weighted by atomic mass is 10.3. The Morgan fingerprint density at radius 2 is 1.07 bits per heavy atom. The third kappa shape index (κ3) is 22.0. The number of carbonyl (C=O) groups excluding carboxylic acids is 6. The normalized spacial score (nSPS) is 11.0. The molecule has 14 nitrogen and oxygen atoms in total. The van der Waals surface area contributed by atoms with Crippen molar-refractivity contribution in [3.63, 3.8) is 0 Å². The van der Waals surface area contributed by atoms with E-state index in [1.54, 1.807) is 11.8 Å². The van der Waals surface area contributed by atoms with Crippen LogP contribution in [-0.2, 0) is 52.5 Å². The first-order chi connectivity index (χ1) is 20.5. The molecule has 0 aromatic heterocycles. The van der Waals surface area contributed by atoms with Crippen molar-refractivity contribution in [2.45, 2.75) is 25.9 Å². The summed E-state index contributed by atoms with van der Waals surface area (Å²) >= 11 is 0. The van der Waals surface area contributed by atoms with E-state index in [9.17, 15) is 28.8 Å². The quantitative estimate of drug-likeness (QED) is 0.0856. The minimum Gasteiger partial charge on any atom is -0.462 e. The van der Waals surface area contributed by atoms with Gasteiger partial charge in [0.05, 0.1) is 12.8 Å². The monoisotopic (exact) mass is 609 g/mol. The van der Waals surface area contributed by atoms with Crippen molar-refractivity contribution in [2.24, 2.45) is 0 Å². The molecule has 0 rings (SSSR count). The molecule has 0 saturated heterocycles. The standard InChI is InChI=1S/C29H43N3O11/c1-6-24(33)30-12-15-31(16-19-39-25(34)7-2)14-11-29(38)43-23(5)22-42-28(37)10-13-32(17-20-40-26(35)8-3)18-21-41-27(36)9-4/h6-9,23H,1-4,10-22H2,5H3,(H,30,33). The average molecular weight is 610 g/mol. The van der Waals surface area contributed by atoms with Gasteiger partial charge in [-0.25, -0.2) is 14.4 Å². The average Bonchev–Trinajstić information content (AvgIpc) is 3.00. The molecule has 0 aliphatic carbocycles. The van der Waals surface area contributed by atoms with Crippen LogP contribution in [0.4, 0.5) is 0 Å². The highest BCUT2D eigenvalue weighted by Gasteiger charge is 2.16. The van der Waals surface area contributed by atoms with Crippen molar-refractivity contribution in [1.29, 1.82) is 0 Å². The van der Waals surface area contributed by atoms with Crippen LogP contribution in [0.15, 0.2) is 50.6 Å². The van der Waals surface area contributed by atoms with Crippen LogP contribution in [0.3, 0.4) is 0 Å². The van der Waals surface area contributed by atoms with E-state index < -0.39 is 36.0 Å². The molecule has 0 aliphatic heterocycles. The van der Waals surface area contributed by atoms with E-state index in [0.717, 1.165) is 24.3 Å². The molecule has 1 unspecified atom stereocenters. The molecule has 0 spiro atoms. The Morgan fingerprint density at radius 1 is 0.628 bits per heavy atom. The fourth-order valence-corrected chi connectivity index (χ4v) is 3.18. The minimum absolute atomic E-state index is 0.00487. The summed E-state index contributed by atoms with van der Waals surface area (Å²) in [6, 6.07) is 0. The van der Waals surface area contributed by atoms with Crippen molar-refractivity contribution in [1.82, 2.24) is 15.1 Å². The second-order valence-corrected chi connectivity index (χ2v) is 8.78. The fourth-order valence-electron chi connectivity index (χ4n) is 3.18. The Kier molecular flexibility index (Phi) is 21.9. The van der Waals surface area contributed by atoms with Crippen molar-refractivity contribution in [3.05, 3.63) is 50.6 Å². The molecule has 0 saturated carbocycles. The number of esters is 5. The topological polar surface area (TPSA) is 167 Å². The lowest BCUT2D eigenvalue weighted by Crippen LogP contribution is -2.38. The minimum atomic E-state index is -0.710. The first-order valence-corrected chi connectivity index (χ1v) is 13.6. The number of amides is 1. The highest BCUT2D eigenvalue weighted by molar-refractivity contribution is 5.86. The van der Waals surface area contributed by atoms with Gasteiger partial charge in [-0.2, -0.15) is 0 Å². The maximum atomic E-state index is 12.4. The Hall–Kier alpha value is -4.30. The van der Waals surface area contributed by atoms with Crippen LogP contribution in [0.5, 0.6) is 0 Å². The zero-order valence-electron chi connectivity index (χ0n) is 24.8. The van der Waals surface area contributed by atoms with Crippen molar-refractivity contribution in [3.8, 4) is 0 Å².